The van der Waals surface area contributed by atoms with Gasteiger partial charge in [0, 0.05) is 36.4 Å². The van der Waals surface area contributed by atoms with Crippen molar-refractivity contribution in [2.75, 3.05) is 13.6 Å². The first-order valence-electron chi connectivity index (χ1n) is 6.23. The zero-order valence-electron chi connectivity index (χ0n) is 10.8. The SMILES string of the molecule is CN(O)CCC(c1ccc(Cl)cc1)c1ccccn1. The highest BCUT2D eigenvalue weighted by molar-refractivity contribution is 6.30. The maximum Gasteiger partial charge on any atom is 0.0478 e. The Bertz CT molecular complexity index is 499. The zero-order valence-corrected chi connectivity index (χ0v) is 11.6. The molecule has 0 aliphatic rings. The summed E-state index contributed by atoms with van der Waals surface area (Å²) in [5.41, 5.74) is 2.16. The summed E-state index contributed by atoms with van der Waals surface area (Å²) in [4.78, 5) is 4.42. The second kappa shape index (κ2) is 6.66. The van der Waals surface area contributed by atoms with Gasteiger partial charge in [0.1, 0.15) is 0 Å². The summed E-state index contributed by atoms with van der Waals surface area (Å²) in [5, 5.41) is 11.3. The third-order valence-corrected chi connectivity index (χ3v) is 3.31. The Kier molecular flexibility index (Phi) is 4.91. The third kappa shape index (κ3) is 4.03. The van der Waals surface area contributed by atoms with Crippen LogP contribution in [0.1, 0.15) is 23.6 Å². The van der Waals surface area contributed by atoms with E-state index in [1.54, 1.807) is 13.2 Å². The predicted molar refractivity (Wildman–Crippen MR) is 76.6 cm³/mol. The Labute approximate surface area is 118 Å². The molecule has 1 atom stereocenters. The van der Waals surface area contributed by atoms with Gasteiger partial charge in [0.2, 0.25) is 0 Å². The van der Waals surface area contributed by atoms with Crippen LogP contribution < -0.4 is 0 Å². The molecule has 0 amide bonds. The molecule has 0 bridgehead atoms. The minimum atomic E-state index is 0.160. The fraction of sp³-hybridized carbons (Fsp3) is 0.267. The highest BCUT2D eigenvalue weighted by atomic mass is 35.5. The smallest absolute Gasteiger partial charge is 0.0478 e. The van der Waals surface area contributed by atoms with E-state index in [0.717, 1.165) is 22.7 Å². The molecule has 0 radical (unpaired) electrons. The van der Waals surface area contributed by atoms with Gasteiger partial charge in [0.15, 0.2) is 0 Å². The fourth-order valence-electron chi connectivity index (χ4n) is 2.08. The largest absolute Gasteiger partial charge is 0.314 e. The summed E-state index contributed by atoms with van der Waals surface area (Å²) in [7, 11) is 1.65. The highest BCUT2D eigenvalue weighted by Gasteiger charge is 2.15. The molecule has 4 heteroatoms. The maximum absolute atomic E-state index is 9.33. The van der Waals surface area contributed by atoms with Gasteiger partial charge in [-0.1, -0.05) is 29.8 Å². The van der Waals surface area contributed by atoms with Crippen LogP contribution in [0.2, 0.25) is 5.02 Å². The first-order valence-corrected chi connectivity index (χ1v) is 6.61. The fourth-order valence-corrected chi connectivity index (χ4v) is 2.20. The number of hydrogen-bond donors (Lipinski definition) is 1. The van der Waals surface area contributed by atoms with Gasteiger partial charge in [-0.25, -0.2) is 0 Å². The lowest BCUT2D eigenvalue weighted by Crippen LogP contribution is -2.17. The monoisotopic (exact) mass is 276 g/mol. The van der Waals surface area contributed by atoms with Gasteiger partial charge in [-0.05, 0) is 36.2 Å². The molecule has 1 heterocycles. The lowest BCUT2D eigenvalue weighted by atomic mass is 9.92. The number of hydrogen-bond acceptors (Lipinski definition) is 3. The Balaban J connectivity index is 2.26. The van der Waals surface area contributed by atoms with Crippen LogP contribution in [0.15, 0.2) is 48.7 Å². The Morgan fingerprint density at radius 1 is 1.21 bits per heavy atom. The molecule has 1 N–H and O–H groups in total. The van der Waals surface area contributed by atoms with E-state index in [4.69, 9.17) is 11.6 Å². The average Bonchev–Trinajstić information content (AvgIpc) is 2.42. The van der Waals surface area contributed by atoms with E-state index in [1.165, 1.54) is 5.06 Å². The third-order valence-electron chi connectivity index (χ3n) is 3.06. The number of nitrogens with zero attached hydrogens (tertiary/aromatic N) is 2. The van der Waals surface area contributed by atoms with Crippen molar-refractivity contribution < 1.29 is 5.21 Å². The number of pyridine rings is 1. The van der Waals surface area contributed by atoms with E-state index in [0.29, 0.717) is 6.54 Å². The van der Waals surface area contributed by atoms with Gasteiger partial charge in [-0.15, -0.1) is 0 Å². The van der Waals surface area contributed by atoms with Crippen molar-refractivity contribution in [2.24, 2.45) is 0 Å². The lowest BCUT2D eigenvalue weighted by molar-refractivity contribution is -0.0659. The number of aromatic nitrogens is 1. The molecule has 1 aromatic heterocycles. The number of benzene rings is 1. The molecule has 1 aromatic carbocycles. The normalized spacial score (nSPS) is 12.6. The zero-order chi connectivity index (χ0) is 13.7. The number of rotatable bonds is 5. The first kappa shape index (κ1) is 14.0. The minimum Gasteiger partial charge on any atom is -0.314 e. The van der Waals surface area contributed by atoms with Crippen molar-refractivity contribution in [1.82, 2.24) is 10.0 Å². The second-order valence-corrected chi connectivity index (χ2v) is 4.97. The van der Waals surface area contributed by atoms with Crippen LogP contribution in [0, 0.1) is 0 Å². The molecule has 1 unspecified atom stereocenters. The quantitative estimate of drug-likeness (QED) is 0.848. The molecule has 0 spiro atoms. The molecule has 0 saturated carbocycles. The van der Waals surface area contributed by atoms with Crippen molar-refractivity contribution in [3.05, 3.63) is 64.9 Å². The Morgan fingerprint density at radius 2 is 1.95 bits per heavy atom. The van der Waals surface area contributed by atoms with Crippen molar-refractivity contribution >= 4 is 11.6 Å². The van der Waals surface area contributed by atoms with Crippen LogP contribution >= 0.6 is 11.6 Å². The molecule has 2 aromatic rings. The highest BCUT2D eigenvalue weighted by Crippen LogP contribution is 2.27. The summed E-state index contributed by atoms with van der Waals surface area (Å²) in [5.74, 6) is 0.160. The summed E-state index contributed by atoms with van der Waals surface area (Å²) >= 11 is 5.93. The van der Waals surface area contributed by atoms with Gasteiger partial charge < -0.3 is 5.21 Å². The van der Waals surface area contributed by atoms with Crippen LogP contribution in [0.3, 0.4) is 0 Å². The van der Waals surface area contributed by atoms with E-state index >= 15 is 0 Å². The second-order valence-electron chi connectivity index (χ2n) is 4.53. The molecule has 100 valence electrons. The Morgan fingerprint density at radius 3 is 2.53 bits per heavy atom. The summed E-state index contributed by atoms with van der Waals surface area (Å²) in [6, 6.07) is 13.7. The topological polar surface area (TPSA) is 36.4 Å². The van der Waals surface area contributed by atoms with Crippen molar-refractivity contribution in [3.8, 4) is 0 Å². The summed E-state index contributed by atoms with van der Waals surface area (Å²) < 4.78 is 0. The molecule has 3 nitrogen and oxygen atoms in total. The standard InChI is InChI=1S/C15H17ClN2O/c1-18(19)11-9-14(15-4-2-3-10-17-15)12-5-7-13(16)8-6-12/h2-8,10,14,19H,9,11H2,1H3. The van der Waals surface area contributed by atoms with Crippen molar-refractivity contribution in [2.45, 2.75) is 12.3 Å². The van der Waals surface area contributed by atoms with E-state index in [-0.39, 0.29) is 5.92 Å². The molecule has 0 aliphatic heterocycles. The molecule has 0 fully saturated rings. The van der Waals surface area contributed by atoms with Gasteiger partial charge >= 0.3 is 0 Å². The van der Waals surface area contributed by atoms with Crippen LogP contribution in [0.4, 0.5) is 0 Å². The molecule has 0 aliphatic carbocycles. The molecule has 19 heavy (non-hydrogen) atoms. The lowest BCUT2D eigenvalue weighted by Gasteiger charge is -2.18. The number of halogens is 1. The predicted octanol–water partition coefficient (Wildman–Crippen LogP) is 3.58. The van der Waals surface area contributed by atoms with Crippen LogP contribution in [-0.2, 0) is 0 Å². The van der Waals surface area contributed by atoms with Gasteiger partial charge in [-0.3, -0.25) is 4.98 Å². The maximum atomic E-state index is 9.33. The molecular weight excluding hydrogens is 260 g/mol. The van der Waals surface area contributed by atoms with E-state index in [9.17, 15) is 5.21 Å². The van der Waals surface area contributed by atoms with Crippen LogP contribution in [0.25, 0.3) is 0 Å². The van der Waals surface area contributed by atoms with Crippen molar-refractivity contribution in [3.63, 3.8) is 0 Å². The van der Waals surface area contributed by atoms with Crippen molar-refractivity contribution in [1.29, 1.82) is 0 Å². The van der Waals surface area contributed by atoms with E-state index in [2.05, 4.69) is 4.98 Å². The van der Waals surface area contributed by atoms with Crippen LogP contribution in [-0.4, -0.2) is 28.8 Å². The van der Waals surface area contributed by atoms with E-state index in [1.807, 2.05) is 42.5 Å². The van der Waals surface area contributed by atoms with Crippen LogP contribution in [0.5, 0.6) is 0 Å². The summed E-state index contributed by atoms with van der Waals surface area (Å²) in [6.45, 7) is 0.587. The molecule has 2 rings (SSSR count). The minimum absolute atomic E-state index is 0.160. The summed E-state index contributed by atoms with van der Waals surface area (Å²) in [6.07, 6.45) is 2.59. The first-order chi connectivity index (χ1) is 9.16. The average molecular weight is 277 g/mol. The van der Waals surface area contributed by atoms with E-state index < -0.39 is 0 Å². The van der Waals surface area contributed by atoms with Gasteiger partial charge in [0.25, 0.3) is 0 Å². The molecule has 0 saturated heterocycles. The molecular formula is C15H17ClN2O. The van der Waals surface area contributed by atoms with Gasteiger partial charge in [0.05, 0.1) is 0 Å². The number of hydroxylamine groups is 2. The van der Waals surface area contributed by atoms with Gasteiger partial charge in [-0.2, -0.15) is 5.06 Å². The Hall–Kier alpha value is -1.42.